The van der Waals surface area contributed by atoms with Crippen molar-refractivity contribution in [1.29, 1.82) is 0 Å². The minimum absolute atomic E-state index is 0. The van der Waals surface area contributed by atoms with E-state index in [0.29, 0.717) is 0 Å². The Bertz CT molecular complexity index is 539. The maximum atomic E-state index is 11.4. The quantitative estimate of drug-likeness (QED) is 0.562. The predicted octanol–water partition coefficient (Wildman–Crippen LogP) is 0.376. The summed E-state index contributed by atoms with van der Waals surface area (Å²) in [4.78, 5) is 22.4. The third-order valence-electron chi connectivity index (χ3n) is 1.72. The first-order valence-electron chi connectivity index (χ1n) is 4.34. The standard InChI is InChI=1S/C10H10NO4S.W/c1-7(12)8-4-3-5-9(6-8)10(13)11-16(2,14)15;/h3,5-6H,1-2H3,(H,11,13);/q-1;. The number of carbonyl (C=O) groups excluding carboxylic acids is 2. The Balaban J connectivity index is 0.00000256. The molecule has 0 atom stereocenters. The first kappa shape index (κ1) is 16.0. The maximum Gasteiger partial charge on any atom is 0.246 e. The van der Waals surface area contributed by atoms with Gasteiger partial charge < -0.3 is 4.79 Å². The Morgan fingerprint density at radius 2 is 1.94 bits per heavy atom. The Hall–Kier alpha value is -1.00. The van der Waals surface area contributed by atoms with Crippen molar-refractivity contribution < 1.29 is 39.1 Å². The minimum atomic E-state index is -3.60. The van der Waals surface area contributed by atoms with E-state index in [1.165, 1.54) is 25.1 Å². The van der Waals surface area contributed by atoms with Crippen molar-refractivity contribution in [3.05, 3.63) is 35.4 Å². The zero-order valence-corrected chi connectivity index (χ0v) is 12.9. The zero-order chi connectivity index (χ0) is 12.3. The Morgan fingerprint density at radius 3 is 2.41 bits per heavy atom. The molecule has 1 aromatic carbocycles. The van der Waals surface area contributed by atoms with Crippen LogP contribution in [0.4, 0.5) is 0 Å². The third kappa shape index (κ3) is 5.24. The number of amides is 1. The van der Waals surface area contributed by atoms with E-state index in [1.54, 1.807) is 0 Å². The number of ketones is 1. The number of Topliss-reactive ketones (excluding diaryl/α,β-unsaturated/α-hetero) is 1. The molecule has 0 aliphatic heterocycles. The zero-order valence-electron chi connectivity index (χ0n) is 9.18. The van der Waals surface area contributed by atoms with E-state index >= 15 is 0 Å². The fourth-order valence-corrected chi connectivity index (χ4v) is 1.49. The fraction of sp³-hybridized carbons (Fsp3) is 0.200. The number of hydrogen-bond acceptors (Lipinski definition) is 4. The van der Waals surface area contributed by atoms with Crippen LogP contribution >= 0.6 is 0 Å². The second-order valence-corrected chi connectivity index (χ2v) is 5.00. The van der Waals surface area contributed by atoms with Crippen molar-refractivity contribution in [2.45, 2.75) is 6.92 Å². The van der Waals surface area contributed by atoms with Crippen LogP contribution in [0.3, 0.4) is 0 Å². The number of nitrogens with one attached hydrogen (secondary N) is 1. The van der Waals surface area contributed by atoms with E-state index in [4.69, 9.17) is 0 Å². The second kappa shape index (κ2) is 6.07. The molecule has 1 N–H and O–H groups in total. The van der Waals surface area contributed by atoms with Crippen LogP contribution in [0, 0.1) is 6.07 Å². The van der Waals surface area contributed by atoms with Gasteiger partial charge in [0.25, 0.3) is 0 Å². The van der Waals surface area contributed by atoms with E-state index in [-0.39, 0.29) is 38.0 Å². The van der Waals surface area contributed by atoms with Crippen LogP contribution in [0.5, 0.6) is 0 Å². The molecule has 0 aromatic heterocycles. The Morgan fingerprint density at radius 1 is 1.35 bits per heavy atom. The van der Waals surface area contributed by atoms with Gasteiger partial charge >= 0.3 is 0 Å². The number of rotatable bonds is 3. The summed E-state index contributed by atoms with van der Waals surface area (Å²) in [7, 11) is -3.60. The molecular formula is C10H10NO4SW-. The van der Waals surface area contributed by atoms with Crippen molar-refractivity contribution in [1.82, 2.24) is 4.72 Å². The van der Waals surface area contributed by atoms with Crippen molar-refractivity contribution in [2.75, 3.05) is 6.26 Å². The number of hydrogen-bond donors (Lipinski definition) is 1. The molecule has 1 amide bonds. The van der Waals surface area contributed by atoms with Crippen LogP contribution in [0.2, 0.25) is 0 Å². The molecule has 0 aliphatic carbocycles. The molecule has 1 rings (SSSR count). The number of benzene rings is 1. The molecule has 0 aliphatic rings. The molecule has 0 bridgehead atoms. The Kier molecular flexibility index (Phi) is 5.72. The molecule has 0 spiro atoms. The molecule has 0 saturated carbocycles. The summed E-state index contributed by atoms with van der Waals surface area (Å²) in [6.45, 7) is 1.34. The van der Waals surface area contributed by atoms with E-state index in [2.05, 4.69) is 6.07 Å². The van der Waals surface area contributed by atoms with E-state index < -0.39 is 15.9 Å². The molecule has 0 heterocycles. The SMILES string of the molecule is CC(=O)c1[c-]ccc(C(=O)NS(C)(=O)=O)c1.[W]. The summed E-state index contributed by atoms with van der Waals surface area (Å²) in [5.74, 6) is -1.01. The molecule has 17 heavy (non-hydrogen) atoms. The van der Waals surface area contributed by atoms with E-state index in [9.17, 15) is 18.0 Å². The van der Waals surface area contributed by atoms with Crippen LogP contribution < -0.4 is 4.72 Å². The molecule has 92 valence electrons. The predicted molar refractivity (Wildman–Crippen MR) is 57.6 cm³/mol. The van der Waals surface area contributed by atoms with Gasteiger partial charge in [-0.3, -0.25) is 9.52 Å². The fourth-order valence-electron chi connectivity index (χ4n) is 1.04. The largest absolute Gasteiger partial charge is 0.352 e. The van der Waals surface area contributed by atoms with E-state index in [1.807, 2.05) is 4.72 Å². The first-order valence-corrected chi connectivity index (χ1v) is 6.23. The summed E-state index contributed by atoms with van der Waals surface area (Å²) < 4.78 is 23.5. The van der Waals surface area contributed by atoms with Gasteiger partial charge in [0.1, 0.15) is 0 Å². The minimum Gasteiger partial charge on any atom is -0.352 e. The van der Waals surface area contributed by atoms with E-state index in [0.717, 1.165) is 6.26 Å². The average Bonchev–Trinajstić information content (AvgIpc) is 2.15. The topological polar surface area (TPSA) is 80.3 Å². The van der Waals surface area contributed by atoms with Gasteiger partial charge in [0.2, 0.25) is 15.9 Å². The average molecular weight is 424 g/mol. The molecule has 0 radical (unpaired) electrons. The van der Waals surface area contributed by atoms with Crippen molar-refractivity contribution in [2.24, 2.45) is 0 Å². The molecule has 0 unspecified atom stereocenters. The molecule has 0 saturated heterocycles. The van der Waals surface area contributed by atoms with Gasteiger partial charge in [-0.2, -0.15) is 0 Å². The van der Waals surface area contributed by atoms with Gasteiger partial charge in [-0.25, -0.2) is 8.42 Å². The summed E-state index contributed by atoms with van der Waals surface area (Å²) in [5.41, 5.74) is 0.343. The second-order valence-electron chi connectivity index (χ2n) is 3.25. The summed E-state index contributed by atoms with van der Waals surface area (Å²) in [6, 6.07) is 6.72. The number of carbonyl (C=O) groups is 2. The van der Waals surface area contributed by atoms with Gasteiger partial charge in [-0.05, 0) is 12.5 Å². The molecular weight excluding hydrogens is 414 g/mol. The summed E-state index contributed by atoms with van der Waals surface area (Å²) in [6.07, 6.45) is 0.881. The van der Waals surface area contributed by atoms with Crippen LogP contribution in [-0.2, 0) is 31.1 Å². The van der Waals surface area contributed by atoms with Crippen molar-refractivity contribution in [3.8, 4) is 0 Å². The molecule has 5 nitrogen and oxygen atoms in total. The summed E-state index contributed by atoms with van der Waals surface area (Å²) >= 11 is 0. The maximum absolute atomic E-state index is 11.4. The molecule has 1 aromatic rings. The monoisotopic (exact) mass is 424 g/mol. The van der Waals surface area contributed by atoms with Crippen LogP contribution in [0.25, 0.3) is 0 Å². The van der Waals surface area contributed by atoms with Crippen LogP contribution in [-0.4, -0.2) is 26.4 Å². The Labute approximate surface area is 114 Å². The molecule has 7 heteroatoms. The normalized spacial score (nSPS) is 10.2. The van der Waals surface area contributed by atoms with Gasteiger partial charge in [0.05, 0.1) is 12.0 Å². The van der Waals surface area contributed by atoms with Gasteiger partial charge in [0.15, 0.2) is 0 Å². The first-order chi connectivity index (χ1) is 7.29. The van der Waals surface area contributed by atoms with Crippen molar-refractivity contribution >= 4 is 21.7 Å². The number of sulfonamides is 1. The third-order valence-corrected chi connectivity index (χ3v) is 2.28. The smallest absolute Gasteiger partial charge is 0.246 e. The van der Waals surface area contributed by atoms with Gasteiger partial charge in [0, 0.05) is 21.1 Å². The van der Waals surface area contributed by atoms with Crippen molar-refractivity contribution in [3.63, 3.8) is 0 Å². The van der Waals surface area contributed by atoms with Crippen LogP contribution in [0.1, 0.15) is 27.6 Å². The van der Waals surface area contributed by atoms with Gasteiger partial charge in [-0.15, -0.1) is 29.8 Å². The summed E-state index contributed by atoms with van der Waals surface area (Å²) in [5, 5.41) is 0. The van der Waals surface area contributed by atoms with Crippen LogP contribution in [0.15, 0.2) is 18.2 Å². The van der Waals surface area contributed by atoms with Gasteiger partial charge in [-0.1, -0.05) is 0 Å². The molecule has 0 fully saturated rings.